The van der Waals surface area contributed by atoms with Crippen LogP contribution in [0.1, 0.15) is 28.9 Å². The van der Waals surface area contributed by atoms with Crippen LogP contribution >= 0.6 is 11.8 Å². The molecule has 2 heterocycles. The van der Waals surface area contributed by atoms with Gasteiger partial charge in [0.1, 0.15) is 11.9 Å². The molecule has 0 aliphatic carbocycles. The minimum atomic E-state index is -0.0683. The summed E-state index contributed by atoms with van der Waals surface area (Å²) in [5.74, 6) is 0.695. The normalized spacial score (nSPS) is 15.1. The molecule has 0 radical (unpaired) electrons. The maximum absolute atomic E-state index is 12.8. The van der Waals surface area contributed by atoms with E-state index in [4.69, 9.17) is 4.74 Å². The lowest BCUT2D eigenvalue weighted by Crippen LogP contribution is -2.42. The lowest BCUT2D eigenvalue weighted by atomic mass is 10.1. The summed E-state index contributed by atoms with van der Waals surface area (Å²) in [5.41, 5.74) is 1.57. The number of likely N-dealkylation sites (tertiary alicyclic amines) is 1. The summed E-state index contributed by atoms with van der Waals surface area (Å²) in [4.78, 5) is 27.6. The van der Waals surface area contributed by atoms with E-state index in [1.54, 1.807) is 23.4 Å². The molecule has 138 valence electrons. The summed E-state index contributed by atoms with van der Waals surface area (Å²) < 4.78 is 7.59. The molecule has 0 atom stereocenters. The fraction of sp³-hybridized carbons (Fsp3) is 0.400. The average molecular weight is 372 g/mol. The van der Waals surface area contributed by atoms with E-state index in [0.29, 0.717) is 18.8 Å². The molecule has 0 spiro atoms. The van der Waals surface area contributed by atoms with Crippen LogP contribution in [0.3, 0.4) is 0 Å². The molecule has 0 saturated carbocycles. The third kappa shape index (κ3) is 3.96. The third-order valence-corrected chi connectivity index (χ3v) is 5.64. The molecule has 1 amide bonds. The van der Waals surface area contributed by atoms with Gasteiger partial charge >= 0.3 is 0 Å². The number of thioether (sulfide) groups is 1. The Morgan fingerprint density at radius 2 is 1.88 bits per heavy atom. The molecule has 1 fully saturated rings. The quantitative estimate of drug-likeness (QED) is 0.774. The van der Waals surface area contributed by atoms with Crippen LogP contribution in [0.25, 0.3) is 0 Å². The summed E-state index contributed by atoms with van der Waals surface area (Å²) in [6.07, 6.45) is 3.54. The fourth-order valence-electron chi connectivity index (χ4n) is 3.17. The van der Waals surface area contributed by atoms with Gasteiger partial charge < -0.3 is 14.2 Å². The number of nitrogens with zero attached hydrogens (tertiary/aromatic N) is 2. The van der Waals surface area contributed by atoms with Gasteiger partial charge in [0.2, 0.25) is 0 Å². The van der Waals surface area contributed by atoms with E-state index >= 15 is 0 Å². The number of amides is 1. The zero-order valence-corrected chi connectivity index (χ0v) is 16.2. The van der Waals surface area contributed by atoms with Gasteiger partial charge in [-0.05, 0) is 31.4 Å². The second-order valence-corrected chi connectivity index (χ2v) is 7.39. The second-order valence-electron chi connectivity index (χ2n) is 6.54. The SMILES string of the molecule is CSc1ccccc1C(=O)N1CCC(Oc2cc(C)n(C)c(=O)c2)CC1. The van der Waals surface area contributed by atoms with Gasteiger partial charge in [0.25, 0.3) is 11.5 Å². The number of carbonyl (C=O) groups excluding carboxylic acids is 1. The summed E-state index contributed by atoms with van der Waals surface area (Å²) in [6.45, 7) is 3.21. The van der Waals surface area contributed by atoms with Crippen LogP contribution in [0, 0.1) is 6.92 Å². The van der Waals surface area contributed by atoms with Crippen LogP contribution in [-0.4, -0.2) is 40.8 Å². The first-order valence-corrected chi connectivity index (χ1v) is 9.98. The number of carbonyl (C=O) groups is 1. The van der Waals surface area contributed by atoms with E-state index < -0.39 is 0 Å². The number of aromatic nitrogens is 1. The largest absolute Gasteiger partial charge is 0.490 e. The maximum atomic E-state index is 12.8. The van der Waals surface area contributed by atoms with Crippen LogP contribution in [0.2, 0.25) is 0 Å². The van der Waals surface area contributed by atoms with Gasteiger partial charge in [0, 0.05) is 49.6 Å². The Hall–Kier alpha value is -2.21. The van der Waals surface area contributed by atoms with E-state index in [-0.39, 0.29) is 17.6 Å². The highest BCUT2D eigenvalue weighted by molar-refractivity contribution is 7.98. The molecule has 1 aromatic heterocycles. The van der Waals surface area contributed by atoms with Crippen molar-refractivity contribution >= 4 is 17.7 Å². The van der Waals surface area contributed by atoms with Gasteiger partial charge in [-0.15, -0.1) is 11.8 Å². The van der Waals surface area contributed by atoms with Crippen molar-refractivity contribution in [2.45, 2.75) is 30.8 Å². The third-order valence-electron chi connectivity index (χ3n) is 4.85. The van der Waals surface area contributed by atoms with Crippen molar-refractivity contribution in [1.82, 2.24) is 9.47 Å². The van der Waals surface area contributed by atoms with E-state index in [9.17, 15) is 9.59 Å². The van der Waals surface area contributed by atoms with Crippen LogP contribution in [0.5, 0.6) is 5.75 Å². The second kappa shape index (κ2) is 7.99. The Balaban J connectivity index is 1.62. The Morgan fingerprint density at radius 1 is 1.19 bits per heavy atom. The van der Waals surface area contributed by atoms with Crippen LogP contribution in [-0.2, 0) is 7.05 Å². The van der Waals surface area contributed by atoms with Crippen molar-refractivity contribution in [2.75, 3.05) is 19.3 Å². The molecule has 6 heteroatoms. The monoisotopic (exact) mass is 372 g/mol. The van der Waals surface area contributed by atoms with Crippen molar-refractivity contribution < 1.29 is 9.53 Å². The minimum Gasteiger partial charge on any atom is -0.490 e. The van der Waals surface area contributed by atoms with Gasteiger partial charge in [0.15, 0.2) is 0 Å². The molecule has 1 aromatic carbocycles. The predicted molar refractivity (Wildman–Crippen MR) is 104 cm³/mol. The standard InChI is InChI=1S/C20H24N2O3S/c1-14-12-16(13-19(23)21(14)2)25-15-8-10-22(11-9-15)20(24)17-6-4-5-7-18(17)26-3/h4-7,12-13,15H,8-11H2,1-3H3. The highest BCUT2D eigenvalue weighted by Gasteiger charge is 2.26. The van der Waals surface area contributed by atoms with E-state index in [0.717, 1.165) is 29.0 Å². The number of hydrogen-bond donors (Lipinski definition) is 0. The molecule has 0 bridgehead atoms. The van der Waals surface area contributed by atoms with E-state index in [2.05, 4.69) is 0 Å². The number of rotatable bonds is 4. The van der Waals surface area contributed by atoms with E-state index in [1.807, 2.05) is 48.4 Å². The Morgan fingerprint density at radius 3 is 2.54 bits per heavy atom. The van der Waals surface area contributed by atoms with Gasteiger partial charge in [-0.1, -0.05) is 12.1 Å². The molecule has 1 aliphatic heterocycles. The first kappa shape index (κ1) is 18.6. The van der Waals surface area contributed by atoms with Crippen molar-refractivity contribution in [3.8, 4) is 5.75 Å². The molecule has 2 aromatic rings. The Labute approximate surface area is 158 Å². The van der Waals surface area contributed by atoms with Crippen molar-refractivity contribution in [3.05, 3.63) is 58.0 Å². The molecule has 1 saturated heterocycles. The topological polar surface area (TPSA) is 51.5 Å². The number of pyridine rings is 1. The Bertz CT molecular complexity index is 854. The van der Waals surface area contributed by atoms with Crippen molar-refractivity contribution in [3.63, 3.8) is 0 Å². The van der Waals surface area contributed by atoms with Crippen molar-refractivity contribution in [2.24, 2.45) is 7.05 Å². The average Bonchev–Trinajstić information content (AvgIpc) is 2.66. The van der Waals surface area contributed by atoms with E-state index in [1.165, 1.54) is 6.07 Å². The summed E-state index contributed by atoms with van der Waals surface area (Å²) >= 11 is 1.59. The summed E-state index contributed by atoms with van der Waals surface area (Å²) in [7, 11) is 1.75. The highest BCUT2D eigenvalue weighted by Crippen LogP contribution is 2.24. The van der Waals surface area contributed by atoms with Crippen LogP contribution < -0.4 is 10.3 Å². The molecule has 0 N–H and O–H groups in total. The van der Waals surface area contributed by atoms with Gasteiger partial charge in [-0.2, -0.15) is 0 Å². The Kier molecular flexibility index (Phi) is 5.71. The lowest BCUT2D eigenvalue weighted by Gasteiger charge is -2.32. The molecule has 5 nitrogen and oxygen atoms in total. The molecule has 26 heavy (non-hydrogen) atoms. The van der Waals surface area contributed by atoms with Crippen LogP contribution in [0.4, 0.5) is 0 Å². The molecule has 3 rings (SSSR count). The van der Waals surface area contributed by atoms with Crippen molar-refractivity contribution in [1.29, 1.82) is 0 Å². The minimum absolute atomic E-state index is 0.0290. The molecular weight excluding hydrogens is 348 g/mol. The number of ether oxygens (including phenoxy) is 1. The zero-order valence-electron chi connectivity index (χ0n) is 15.4. The summed E-state index contributed by atoms with van der Waals surface area (Å²) in [5, 5.41) is 0. The van der Waals surface area contributed by atoms with Gasteiger partial charge in [-0.3, -0.25) is 9.59 Å². The first-order valence-electron chi connectivity index (χ1n) is 8.76. The predicted octanol–water partition coefficient (Wildman–Crippen LogP) is 3.10. The zero-order chi connectivity index (χ0) is 18.7. The smallest absolute Gasteiger partial charge is 0.254 e. The molecule has 0 unspecified atom stereocenters. The van der Waals surface area contributed by atoms with Gasteiger partial charge in [-0.25, -0.2) is 0 Å². The number of piperidine rings is 1. The highest BCUT2D eigenvalue weighted by atomic mass is 32.2. The lowest BCUT2D eigenvalue weighted by molar-refractivity contribution is 0.0592. The van der Waals surface area contributed by atoms with Gasteiger partial charge in [0.05, 0.1) is 5.56 Å². The number of benzene rings is 1. The molecule has 1 aliphatic rings. The number of aryl methyl sites for hydroxylation is 1. The maximum Gasteiger partial charge on any atom is 0.254 e. The number of hydrogen-bond acceptors (Lipinski definition) is 4. The first-order chi connectivity index (χ1) is 12.5. The summed E-state index contributed by atoms with van der Waals surface area (Å²) in [6, 6.07) is 11.1. The molecular formula is C20H24N2O3S. The van der Waals surface area contributed by atoms with Crippen LogP contribution in [0.15, 0.2) is 46.1 Å². The fourth-order valence-corrected chi connectivity index (χ4v) is 3.76.